The third-order valence-electron chi connectivity index (χ3n) is 3.37. The molecule has 0 radical (unpaired) electrons. The Morgan fingerprint density at radius 2 is 1.80 bits per heavy atom. The van der Waals surface area contributed by atoms with Gasteiger partial charge in [0.15, 0.2) is 9.84 Å². The largest absolute Gasteiger partial charge is 0.416 e. The molecule has 112 valence electrons. The van der Waals surface area contributed by atoms with Gasteiger partial charge in [-0.3, -0.25) is 0 Å². The standard InChI is InChI=1S/C13H16F3NO2S/c14-13(15,16)10-4-6-12(7-5-10)20(18,19)9-11-3-1-2-8-17-11/h4-7,11,17H,1-3,8-9H2. The van der Waals surface area contributed by atoms with Crippen molar-refractivity contribution in [2.24, 2.45) is 0 Å². The molecule has 0 aromatic heterocycles. The van der Waals surface area contributed by atoms with Crippen molar-refractivity contribution in [3.05, 3.63) is 29.8 Å². The molecule has 1 aliphatic rings. The molecular formula is C13H16F3NO2S. The van der Waals surface area contributed by atoms with Gasteiger partial charge in [0.25, 0.3) is 0 Å². The Balaban J connectivity index is 2.13. The summed E-state index contributed by atoms with van der Waals surface area (Å²) in [5.41, 5.74) is -0.841. The zero-order valence-electron chi connectivity index (χ0n) is 10.8. The number of sulfone groups is 1. The topological polar surface area (TPSA) is 46.2 Å². The van der Waals surface area contributed by atoms with Crippen LogP contribution in [0, 0.1) is 0 Å². The second-order valence-electron chi connectivity index (χ2n) is 4.95. The summed E-state index contributed by atoms with van der Waals surface area (Å²) in [6.07, 6.45) is -1.68. The van der Waals surface area contributed by atoms with Crippen molar-refractivity contribution in [3.8, 4) is 0 Å². The highest BCUT2D eigenvalue weighted by molar-refractivity contribution is 7.91. The van der Waals surface area contributed by atoms with Crippen LogP contribution in [0.2, 0.25) is 0 Å². The highest BCUT2D eigenvalue weighted by Gasteiger charge is 2.31. The lowest BCUT2D eigenvalue weighted by Crippen LogP contribution is -2.39. The van der Waals surface area contributed by atoms with Gasteiger partial charge < -0.3 is 5.32 Å². The van der Waals surface area contributed by atoms with Crippen LogP contribution in [0.15, 0.2) is 29.2 Å². The van der Waals surface area contributed by atoms with Crippen LogP contribution in [0.5, 0.6) is 0 Å². The molecule has 1 saturated heterocycles. The molecule has 1 aliphatic heterocycles. The van der Waals surface area contributed by atoms with Crippen LogP contribution in [0.25, 0.3) is 0 Å². The predicted molar refractivity (Wildman–Crippen MR) is 69.1 cm³/mol. The van der Waals surface area contributed by atoms with Gasteiger partial charge in [-0.25, -0.2) is 8.42 Å². The number of piperidine rings is 1. The third-order valence-corrected chi connectivity index (χ3v) is 5.21. The van der Waals surface area contributed by atoms with E-state index in [0.29, 0.717) is 0 Å². The Morgan fingerprint density at radius 3 is 2.30 bits per heavy atom. The van der Waals surface area contributed by atoms with Crippen LogP contribution in [-0.2, 0) is 16.0 Å². The Hall–Kier alpha value is -1.08. The third kappa shape index (κ3) is 3.73. The Labute approximate surface area is 116 Å². The molecule has 1 aromatic rings. The van der Waals surface area contributed by atoms with Crippen LogP contribution >= 0.6 is 0 Å². The van der Waals surface area contributed by atoms with Crippen molar-refractivity contribution >= 4 is 9.84 Å². The van der Waals surface area contributed by atoms with Gasteiger partial charge in [0.1, 0.15) is 0 Å². The molecule has 20 heavy (non-hydrogen) atoms. The van der Waals surface area contributed by atoms with Gasteiger partial charge in [-0.05, 0) is 43.7 Å². The average molecular weight is 307 g/mol. The highest BCUT2D eigenvalue weighted by Crippen LogP contribution is 2.30. The fourth-order valence-electron chi connectivity index (χ4n) is 2.28. The maximum absolute atomic E-state index is 12.4. The van der Waals surface area contributed by atoms with E-state index in [4.69, 9.17) is 0 Å². The molecular weight excluding hydrogens is 291 g/mol. The van der Waals surface area contributed by atoms with Gasteiger partial charge in [-0.15, -0.1) is 0 Å². The van der Waals surface area contributed by atoms with Crippen LogP contribution in [-0.4, -0.2) is 26.8 Å². The monoisotopic (exact) mass is 307 g/mol. The molecule has 1 N–H and O–H groups in total. The summed E-state index contributed by atoms with van der Waals surface area (Å²) in [5.74, 6) is -0.0711. The SMILES string of the molecule is O=S(=O)(CC1CCCCN1)c1ccc(C(F)(F)F)cc1. The summed E-state index contributed by atoms with van der Waals surface area (Å²) in [6, 6.07) is 3.56. The minimum Gasteiger partial charge on any atom is -0.313 e. The van der Waals surface area contributed by atoms with Crippen molar-refractivity contribution in [2.75, 3.05) is 12.3 Å². The second kappa shape index (κ2) is 5.73. The Morgan fingerprint density at radius 1 is 1.15 bits per heavy atom. The summed E-state index contributed by atoms with van der Waals surface area (Å²) in [7, 11) is -3.55. The van der Waals surface area contributed by atoms with E-state index >= 15 is 0 Å². The number of benzene rings is 1. The first-order chi connectivity index (χ1) is 9.29. The molecule has 1 unspecified atom stereocenters. The molecule has 0 amide bonds. The molecule has 0 saturated carbocycles. The lowest BCUT2D eigenvalue weighted by atomic mass is 10.1. The average Bonchev–Trinajstić information content (AvgIpc) is 2.38. The molecule has 1 aromatic carbocycles. The number of hydrogen-bond donors (Lipinski definition) is 1. The van der Waals surface area contributed by atoms with Gasteiger partial charge >= 0.3 is 6.18 Å². The minimum atomic E-state index is -4.45. The fourth-order valence-corrected chi connectivity index (χ4v) is 3.84. The van der Waals surface area contributed by atoms with Gasteiger partial charge in [0.05, 0.1) is 16.2 Å². The second-order valence-corrected chi connectivity index (χ2v) is 6.98. The van der Waals surface area contributed by atoms with Crippen molar-refractivity contribution in [1.29, 1.82) is 0 Å². The summed E-state index contributed by atoms with van der Waals surface area (Å²) in [5, 5.41) is 3.12. The number of rotatable bonds is 3. The van der Waals surface area contributed by atoms with E-state index in [2.05, 4.69) is 5.32 Å². The maximum Gasteiger partial charge on any atom is 0.416 e. The molecule has 0 aliphatic carbocycles. The van der Waals surface area contributed by atoms with Crippen LogP contribution < -0.4 is 5.32 Å². The number of halogens is 3. The molecule has 0 bridgehead atoms. The molecule has 3 nitrogen and oxygen atoms in total. The van der Waals surface area contributed by atoms with E-state index in [-0.39, 0.29) is 16.7 Å². The molecule has 0 spiro atoms. The molecule has 7 heteroatoms. The van der Waals surface area contributed by atoms with E-state index < -0.39 is 21.6 Å². The zero-order chi connectivity index (χ0) is 14.8. The van der Waals surface area contributed by atoms with Gasteiger partial charge in [0, 0.05) is 6.04 Å². The fraction of sp³-hybridized carbons (Fsp3) is 0.538. The first-order valence-electron chi connectivity index (χ1n) is 6.42. The summed E-state index contributed by atoms with van der Waals surface area (Å²) < 4.78 is 61.6. The van der Waals surface area contributed by atoms with Crippen LogP contribution in [0.3, 0.4) is 0 Å². The van der Waals surface area contributed by atoms with Crippen molar-refractivity contribution in [2.45, 2.75) is 36.4 Å². The van der Waals surface area contributed by atoms with Gasteiger partial charge in [0.2, 0.25) is 0 Å². The van der Waals surface area contributed by atoms with Gasteiger partial charge in [-0.2, -0.15) is 13.2 Å². The summed E-state index contributed by atoms with van der Waals surface area (Å²) in [4.78, 5) is -0.0575. The maximum atomic E-state index is 12.4. The quantitative estimate of drug-likeness (QED) is 0.934. The molecule has 1 heterocycles. The van der Waals surface area contributed by atoms with Crippen LogP contribution in [0.1, 0.15) is 24.8 Å². The van der Waals surface area contributed by atoms with E-state index in [1.54, 1.807) is 0 Å². The predicted octanol–water partition coefficient (Wildman–Crippen LogP) is 2.62. The normalized spacial score (nSPS) is 20.9. The van der Waals surface area contributed by atoms with E-state index in [1.165, 1.54) is 0 Å². The van der Waals surface area contributed by atoms with Gasteiger partial charge in [-0.1, -0.05) is 6.42 Å². The molecule has 1 fully saturated rings. The van der Waals surface area contributed by atoms with Crippen LogP contribution in [0.4, 0.5) is 13.2 Å². The number of alkyl halides is 3. The molecule has 2 rings (SSSR count). The summed E-state index contributed by atoms with van der Waals surface area (Å²) in [6.45, 7) is 0.785. The Bertz CT molecular complexity index is 546. The van der Waals surface area contributed by atoms with Crippen molar-refractivity contribution < 1.29 is 21.6 Å². The van der Waals surface area contributed by atoms with Crippen molar-refractivity contribution in [1.82, 2.24) is 5.32 Å². The highest BCUT2D eigenvalue weighted by atomic mass is 32.2. The number of hydrogen-bond acceptors (Lipinski definition) is 3. The molecule has 1 atom stereocenters. The minimum absolute atomic E-state index is 0.0575. The first-order valence-corrected chi connectivity index (χ1v) is 8.08. The van der Waals surface area contributed by atoms with E-state index in [0.717, 1.165) is 50.1 Å². The van der Waals surface area contributed by atoms with E-state index in [9.17, 15) is 21.6 Å². The lowest BCUT2D eigenvalue weighted by molar-refractivity contribution is -0.137. The summed E-state index contributed by atoms with van der Waals surface area (Å²) >= 11 is 0. The smallest absolute Gasteiger partial charge is 0.313 e. The lowest BCUT2D eigenvalue weighted by Gasteiger charge is -2.23. The van der Waals surface area contributed by atoms with E-state index in [1.807, 2.05) is 0 Å². The zero-order valence-corrected chi connectivity index (χ0v) is 11.6. The first kappa shape index (κ1) is 15.3. The number of nitrogens with one attached hydrogen (secondary N) is 1. The van der Waals surface area contributed by atoms with Crippen molar-refractivity contribution in [3.63, 3.8) is 0 Å². The Kier molecular flexibility index (Phi) is 4.39.